The summed E-state index contributed by atoms with van der Waals surface area (Å²) >= 11 is 0. The summed E-state index contributed by atoms with van der Waals surface area (Å²) in [6, 6.07) is 6.97. The van der Waals surface area contributed by atoms with Crippen LogP contribution in [0.1, 0.15) is 36.8 Å². The monoisotopic (exact) mass is 230 g/mol. The van der Waals surface area contributed by atoms with Crippen LogP contribution in [0.5, 0.6) is 0 Å². The molecule has 0 saturated carbocycles. The van der Waals surface area contributed by atoms with Gasteiger partial charge >= 0.3 is 0 Å². The molecule has 3 rings (SSSR count). The van der Waals surface area contributed by atoms with E-state index in [9.17, 15) is 4.79 Å². The summed E-state index contributed by atoms with van der Waals surface area (Å²) in [6.45, 7) is 2.70. The molecule has 2 atom stereocenters. The summed E-state index contributed by atoms with van der Waals surface area (Å²) in [5.74, 6) is 0.684. The fourth-order valence-corrected chi connectivity index (χ4v) is 3.20. The number of rotatable bonds is 1. The lowest BCUT2D eigenvalue weighted by atomic mass is 9.90. The third-order valence-corrected chi connectivity index (χ3v) is 3.89. The van der Waals surface area contributed by atoms with E-state index in [0.29, 0.717) is 12.0 Å². The van der Waals surface area contributed by atoms with Gasteiger partial charge in [-0.1, -0.05) is 6.07 Å². The van der Waals surface area contributed by atoms with Crippen LogP contribution in [0, 0.1) is 0 Å². The minimum atomic E-state index is -0.00140. The maximum Gasteiger partial charge on any atom is 0.221 e. The van der Waals surface area contributed by atoms with Crippen molar-refractivity contribution in [3.8, 4) is 0 Å². The summed E-state index contributed by atoms with van der Waals surface area (Å²) < 4.78 is 0. The highest BCUT2D eigenvalue weighted by molar-refractivity contribution is 5.88. The van der Waals surface area contributed by atoms with Gasteiger partial charge in [0.15, 0.2) is 0 Å². The zero-order valence-corrected chi connectivity index (χ0v) is 10.1. The van der Waals surface area contributed by atoms with Gasteiger partial charge in [-0.3, -0.25) is 4.79 Å². The summed E-state index contributed by atoms with van der Waals surface area (Å²) in [5, 5.41) is 6.46. The van der Waals surface area contributed by atoms with E-state index >= 15 is 0 Å². The highest BCUT2D eigenvalue weighted by Gasteiger charge is 2.33. The van der Waals surface area contributed by atoms with Crippen molar-refractivity contribution in [1.29, 1.82) is 0 Å². The van der Waals surface area contributed by atoms with Crippen LogP contribution in [0.15, 0.2) is 18.2 Å². The molecule has 1 aromatic rings. The molecule has 0 radical (unpaired) electrons. The van der Waals surface area contributed by atoms with E-state index in [1.54, 1.807) is 6.92 Å². The van der Waals surface area contributed by atoms with Gasteiger partial charge in [-0.05, 0) is 55.0 Å². The molecule has 2 aliphatic rings. The average Bonchev–Trinajstić information content (AvgIpc) is 2.65. The first-order chi connectivity index (χ1) is 8.24. The van der Waals surface area contributed by atoms with Crippen LogP contribution >= 0.6 is 0 Å². The van der Waals surface area contributed by atoms with Crippen LogP contribution in [0.4, 0.5) is 5.69 Å². The van der Waals surface area contributed by atoms with Gasteiger partial charge in [0.25, 0.3) is 0 Å². The molecule has 1 heterocycles. The predicted molar refractivity (Wildman–Crippen MR) is 68.2 cm³/mol. The third-order valence-electron chi connectivity index (χ3n) is 3.89. The van der Waals surface area contributed by atoms with Crippen LogP contribution in [-0.4, -0.2) is 18.5 Å². The fraction of sp³-hybridized carbons (Fsp3) is 0.500. The Bertz CT molecular complexity index is 456. The quantitative estimate of drug-likeness (QED) is 0.775. The van der Waals surface area contributed by atoms with Gasteiger partial charge in [-0.15, -0.1) is 0 Å². The maximum absolute atomic E-state index is 11.0. The maximum atomic E-state index is 11.0. The Hall–Kier alpha value is -1.35. The highest BCUT2D eigenvalue weighted by Crippen LogP contribution is 2.39. The van der Waals surface area contributed by atoms with Crippen LogP contribution in [0.25, 0.3) is 0 Å². The Morgan fingerprint density at radius 3 is 3.18 bits per heavy atom. The van der Waals surface area contributed by atoms with E-state index in [-0.39, 0.29) is 5.91 Å². The second kappa shape index (κ2) is 4.15. The first-order valence-electron chi connectivity index (χ1n) is 6.38. The second-order valence-electron chi connectivity index (χ2n) is 5.11. The smallest absolute Gasteiger partial charge is 0.221 e. The second-order valence-corrected chi connectivity index (χ2v) is 5.11. The molecular weight excluding hydrogens is 212 g/mol. The van der Waals surface area contributed by atoms with Gasteiger partial charge in [0.2, 0.25) is 5.91 Å². The normalized spacial score (nSPS) is 26.2. The predicted octanol–water partition coefficient (Wildman–Crippen LogP) is 2.04. The first kappa shape index (κ1) is 10.8. The van der Waals surface area contributed by atoms with Crippen LogP contribution < -0.4 is 10.6 Å². The Balaban J connectivity index is 1.88. The molecule has 1 fully saturated rings. The lowest BCUT2D eigenvalue weighted by Crippen LogP contribution is -2.37. The average molecular weight is 230 g/mol. The van der Waals surface area contributed by atoms with Gasteiger partial charge in [0.1, 0.15) is 0 Å². The SMILES string of the molecule is CC(=O)Nc1ccc2c(c1)C[C@@H]1NCCC[C@H]21. The van der Waals surface area contributed by atoms with Gasteiger partial charge in [0, 0.05) is 18.7 Å². The molecule has 3 heteroatoms. The lowest BCUT2D eigenvalue weighted by molar-refractivity contribution is -0.114. The molecule has 0 spiro atoms. The van der Waals surface area contributed by atoms with Crippen molar-refractivity contribution in [3.63, 3.8) is 0 Å². The number of benzene rings is 1. The number of fused-ring (bicyclic) bond motifs is 3. The minimum Gasteiger partial charge on any atom is -0.326 e. The molecule has 1 amide bonds. The third kappa shape index (κ3) is 1.95. The number of carbonyl (C=O) groups is 1. The Morgan fingerprint density at radius 2 is 2.35 bits per heavy atom. The summed E-state index contributed by atoms with van der Waals surface area (Å²) in [7, 11) is 0. The van der Waals surface area contributed by atoms with Crippen molar-refractivity contribution >= 4 is 11.6 Å². The molecule has 1 aromatic carbocycles. The van der Waals surface area contributed by atoms with Gasteiger partial charge < -0.3 is 10.6 Å². The molecule has 0 unspecified atom stereocenters. The van der Waals surface area contributed by atoms with Crippen molar-refractivity contribution < 1.29 is 4.79 Å². The van der Waals surface area contributed by atoms with Crippen LogP contribution in [0.2, 0.25) is 0 Å². The Morgan fingerprint density at radius 1 is 1.47 bits per heavy atom. The molecule has 2 N–H and O–H groups in total. The molecule has 3 nitrogen and oxygen atoms in total. The van der Waals surface area contributed by atoms with Crippen molar-refractivity contribution in [2.75, 3.05) is 11.9 Å². The summed E-state index contributed by atoms with van der Waals surface area (Å²) in [4.78, 5) is 11.0. The van der Waals surface area contributed by atoms with E-state index in [0.717, 1.165) is 18.7 Å². The molecule has 0 bridgehead atoms. The van der Waals surface area contributed by atoms with Crippen LogP contribution in [0.3, 0.4) is 0 Å². The fourth-order valence-electron chi connectivity index (χ4n) is 3.20. The molecule has 1 saturated heterocycles. The Kier molecular flexibility index (Phi) is 2.63. The standard InChI is InChI=1S/C14H18N2O/c1-9(17)16-11-4-5-12-10(7-11)8-14-13(12)3-2-6-15-14/h4-5,7,13-15H,2-3,6,8H2,1H3,(H,16,17)/t13-,14+/m1/s1. The lowest BCUT2D eigenvalue weighted by Gasteiger charge is -2.27. The molecule has 17 heavy (non-hydrogen) atoms. The highest BCUT2D eigenvalue weighted by atomic mass is 16.1. The van der Waals surface area contributed by atoms with Crippen molar-refractivity contribution in [2.45, 2.75) is 38.1 Å². The van der Waals surface area contributed by atoms with Crippen molar-refractivity contribution in [3.05, 3.63) is 29.3 Å². The molecule has 1 aliphatic carbocycles. The minimum absolute atomic E-state index is 0.00140. The zero-order chi connectivity index (χ0) is 11.8. The topological polar surface area (TPSA) is 41.1 Å². The summed E-state index contributed by atoms with van der Waals surface area (Å²) in [5.41, 5.74) is 3.81. The molecular formula is C14H18N2O. The number of hydrogen-bond donors (Lipinski definition) is 2. The molecule has 1 aliphatic heterocycles. The number of anilines is 1. The Labute approximate surface area is 102 Å². The largest absolute Gasteiger partial charge is 0.326 e. The number of amides is 1. The first-order valence-corrected chi connectivity index (χ1v) is 6.38. The van der Waals surface area contributed by atoms with E-state index < -0.39 is 0 Å². The zero-order valence-electron chi connectivity index (χ0n) is 10.1. The number of hydrogen-bond acceptors (Lipinski definition) is 2. The van der Waals surface area contributed by atoms with E-state index in [2.05, 4.69) is 22.8 Å². The number of carbonyl (C=O) groups excluding carboxylic acids is 1. The van der Waals surface area contributed by atoms with Gasteiger partial charge in [-0.25, -0.2) is 0 Å². The molecule has 90 valence electrons. The van der Waals surface area contributed by atoms with Gasteiger partial charge in [0.05, 0.1) is 0 Å². The number of nitrogens with one attached hydrogen (secondary N) is 2. The van der Waals surface area contributed by atoms with Crippen molar-refractivity contribution in [2.24, 2.45) is 0 Å². The summed E-state index contributed by atoms with van der Waals surface area (Å²) in [6.07, 6.45) is 3.67. The van der Waals surface area contributed by atoms with E-state index in [4.69, 9.17) is 0 Å². The molecule has 0 aromatic heterocycles. The van der Waals surface area contributed by atoms with Crippen LogP contribution in [-0.2, 0) is 11.2 Å². The van der Waals surface area contributed by atoms with Crippen molar-refractivity contribution in [1.82, 2.24) is 5.32 Å². The van der Waals surface area contributed by atoms with E-state index in [1.165, 1.54) is 24.0 Å². The van der Waals surface area contributed by atoms with Gasteiger partial charge in [-0.2, -0.15) is 0 Å². The van der Waals surface area contributed by atoms with E-state index in [1.807, 2.05) is 6.07 Å². The number of piperidine rings is 1.